The number of alkyl carbamates (subject to hydrolysis) is 1. The van der Waals surface area contributed by atoms with Crippen molar-refractivity contribution in [3.05, 3.63) is 28.2 Å². The monoisotopic (exact) mass is 354 g/mol. The molecule has 2 rings (SSSR count). The van der Waals surface area contributed by atoms with Gasteiger partial charge in [0.15, 0.2) is 0 Å². The Hall–Kier alpha value is -1.23. The Bertz CT molecular complexity index is 499. The first kappa shape index (κ1) is 16.1. The van der Waals surface area contributed by atoms with E-state index < -0.39 is 5.60 Å². The van der Waals surface area contributed by atoms with E-state index in [9.17, 15) is 4.79 Å². The van der Waals surface area contributed by atoms with Crippen LogP contribution in [0, 0.1) is 6.92 Å². The third-order valence-corrected chi connectivity index (χ3v) is 4.09. The Balaban J connectivity index is 1.78. The molecule has 1 aliphatic rings. The van der Waals surface area contributed by atoms with Gasteiger partial charge in [0.25, 0.3) is 0 Å². The fraction of sp³-hybridized carbons (Fsp3) is 0.562. The van der Waals surface area contributed by atoms with Gasteiger partial charge in [-0.05, 0) is 68.1 Å². The molecule has 21 heavy (non-hydrogen) atoms. The largest absolute Gasteiger partial charge is 0.444 e. The fourth-order valence-electron chi connectivity index (χ4n) is 2.35. The van der Waals surface area contributed by atoms with Crippen molar-refractivity contribution in [3.8, 4) is 0 Å². The number of halogens is 1. The highest BCUT2D eigenvalue weighted by Crippen LogP contribution is 2.31. The number of para-hydroxylation sites is 1. The molecule has 0 radical (unpaired) electrons. The number of rotatable bonds is 3. The van der Waals surface area contributed by atoms with Gasteiger partial charge in [-0.25, -0.2) is 4.79 Å². The highest BCUT2D eigenvalue weighted by Gasteiger charge is 2.32. The van der Waals surface area contributed by atoms with Crippen molar-refractivity contribution in [2.24, 2.45) is 0 Å². The first-order valence-electron chi connectivity index (χ1n) is 7.26. The van der Waals surface area contributed by atoms with Crippen molar-refractivity contribution in [1.82, 2.24) is 5.32 Å². The van der Waals surface area contributed by atoms with Crippen LogP contribution in [0.4, 0.5) is 10.5 Å². The maximum Gasteiger partial charge on any atom is 0.407 e. The number of nitrogens with one attached hydrogen (secondary N) is 2. The summed E-state index contributed by atoms with van der Waals surface area (Å²) >= 11 is 3.57. The van der Waals surface area contributed by atoms with Crippen molar-refractivity contribution in [1.29, 1.82) is 0 Å². The van der Waals surface area contributed by atoms with E-state index >= 15 is 0 Å². The van der Waals surface area contributed by atoms with Crippen LogP contribution in [0.5, 0.6) is 0 Å². The van der Waals surface area contributed by atoms with Crippen LogP contribution in [0.3, 0.4) is 0 Å². The first-order valence-corrected chi connectivity index (χ1v) is 8.05. The lowest BCUT2D eigenvalue weighted by molar-refractivity contribution is 0.0475. The zero-order chi connectivity index (χ0) is 15.6. The minimum absolute atomic E-state index is 0.195. The molecule has 4 nitrogen and oxygen atoms in total. The molecule has 2 N–H and O–H groups in total. The van der Waals surface area contributed by atoms with Crippen LogP contribution in [0.15, 0.2) is 22.7 Å². The summed E-state index contributed by atoms with van der Waals surface area (Å²) < 4.78 is 6.33. The number of hydrogen-bond acceptors (Lipinski definition) is 3. The molecule has 1 amide bonds. The van der Waals surface area contributed by atoms with Crippen molar-refractivity contribution >= 4 is 27.7 Å². The van der Waals surface area contributed by atoms with Gasteiger partial charge >= 0.3 is 6.09 Å². The minimum Gasteiger partial charge on any atom is -0.444 e. The van der Waals surface area contributed by atoms with E-state index in [2.05, 4.69) is 39.6 Å². The van der Waals surface area contributed by atoms with Gasteiger partial charge in [-0.2, -0.15) is 0 Å². The molecular weight excluding hydrogens is 332 g/mol. The molecule has 0 saturated heterocycles. The Kier molecular flexibility index (Phi) is 4.81. The summed E-state index contributed by atoms with van der Waals surface area (Å²) in [6, 6.07) is 6.73. The number of hydrogen-bond donors (Lipinski definition) is 2. The summed E-state index contributed by atoms with van der Waals surface area (Å²) in [7, 11) is 0. The van der Waals surface area contributed by atoms with Gasteiger partial charge in [0.1, 0.15) is 5.60 Å². The molecule has 0 heterocycles. The molecule has 0 atom stereocenters. The summed E-state index contributed by atoms with van der Waals surface area (Å²) in [5.41, 5.74) is 1.91. The zero-order valence-electron chi connectivity index (χ0n) is 13.0. The molecule has 116 valence electrons. The molecule has 0 bridgehead atoms. The van der Waals surface area contributed by atoms with E-state index in [0.717, 1.165) is 23.0 Å². The Morgan fingerprint density at radius 3 is 2.52 bits per heavy atom. The van der Waals surface area contributed by atoms with Gasteiger partial charge in [-0.1, -0.05) is 12.1 Å². The van der Waals surface area contributed by atoms with Crippen molar-refractivity contribution in [2.75, 3.05) is 5.32 Å². The SMILES string of the molecule is Cc1cccc(Br)c1NC1CC(NC(=O)OC(C)(C)C)C1. The Morgan fingerprint density at radius 2 is 1.95 bits per heavy atom. The van der Waals surface area contributed by atoms with E-state index in [4.69, 9.17) is 4.74 Å². The predicted molar refractivity (Wildman–Crippen MR) is 88.7 cm³/mol. The number of ether oxygens (including phenoxy) is 1. The third-order valence-electron chi connectivity index (χ3n) is 3.43. The second-order valence-corrected chi connectivity index (χ2v) is 7.44. The molecule has 5 heteroatoms. The molecule has 0 unspecified atom stereocenters. The number of amides is 1. The first-order chi connectivity index (χ1) is 9.74. The predicted octanol–water partition coefficient (Wildman–Crippen LogP) is 4.23. The molecule has 0 aromatic heterocycles. The molecule has 1 fully saturated rings. The van der Waals surface area contributed by atoms with Crippen molar-refractivity contribution in [3.63, 3.8) is 0 Å². The second kappa shape index (κ2) is 6.26. The quantitative estimate of drug-likeness (QED) is 0.853. The van der Waals surface area contributed by atoms with Gasteiger partial charge in [-0.15, -0.1) is 0 Å². The topological polar surface area (TPSA) is 50.4 Å². The van der Waals surface area contributed by atoms with Crippen LogP contribution >= 0.6 is 15.9 Å². The van der Waals surface area contributed by atoms with E-state index in [1.165, 1.54) is 5.56 Å². The number of benzene rings is 1. The number of carbonyl (C=O) groups excluding carboxylic acids is 1. The van der Waals surface area contributed by atoms with Crippen LogP contribution in [0.1, 0.15) is 39.2 Å². The van der Waals surface area contributed by atoms with E-state index in [-0.39, 0.29) is 12.1 Å². The average molecular weight is 355 g/mol. The highest BCUT2D eigenvalue weighted by atomic mass is 79.9. The summed E-state index contributed by atoms with van der Waals surface area (Å²) in [6.07, 6.45) is 1.50. The number of anilines is 1. The summed E-state index contributed by atoms with van der Waals surface area (Å²) in [4.78, 5) is 11.7. The van der Waals surface area contributed by atoms with Crippen LogP contribution in [-0.2, 0) is 4.74 Å². The Labute approximate surface area is 134 Å². The minimum atomic E-state index is -0.447. The lowest BCUT2D eigenvalue weighted by Crippen LogP contribution is -2.50. The van der Waals surface area contributed by atoms with E-state index in [1.54, 1.807) is 0 Å². The van der Waals surface area contributed by atoms with Crippen LogP contribution in [0.25, 0.3) is 0 Å². The number of aryl methyl sites for hydroxylation is 1. The van der Waals surface area contributed by atoms with Crippen LogP contribution in [0.2, 0.25) is 0 Å². The highest BCUT2D eigenvalue weighted by molar-refractivity contribution is 9.10. The molecule has 0 spiro atoms. The van der Waals surface area contributed by atoms with Gasteiger partial charge in [-0.3, -0.25) is 0 Å². The zero-order valence-corrected chi connectivity index (χ0v) is 14.6. The Morgan fingerprint density at radius 1 is 1.29 bits per heavy atom. The van der Waals surface area contributed by atoms with Crippen molar-refractivity contribution in [2.45, 2.75) is 58.2 Å². The maximum absolute atomic E-state index is 11.7. The molecule has 1 aliphatic carbocycles. The second-order valence-electron chi connectivity index (χ2n) is 6.59. The van der Waals surface area contributed by atoms with Gasteiger partial charge in [0, 0.05) is 16.6 Å². The summed E-state index contributed by atoms with van der Waals surface area (Å²) in [5, 5.41) is 6.43. The van der Waals surface area contributed by atoms with Gasteiger partial charge in [0.05, 0.1) is 5.69 Å². The normalized spacial score (nSPS) is 21.4. The average Bonchev–Trinajstić information content (AvgIpc) is 2.27. The third kappa shape index (κ3) is 4.63. The number of carbonyl (C=O) groups is 1. The maximum atomic E-state index is 11.7. The molecule has 0 aliphatic heterocycles. The van der Waals surface area contributed by atoms with Crippen LogP contribution < -0.4 is 10.6 Å². The van der Waals surface area contributed by atoms with E-state index in [0.29, 0.717) is 6.04 Å². The molecule has 1 saturated carbocycles. The smallest absolute Gasteiger partial charge is 0.407 e. The summed E-state index contributed by atoms with van der Waals surface area (Å²) in [5.74, 6) is 0. The fourth-order valence-corrected chi connectivity index (χ4v) is 2.93. The molecule has 1 aromatic rings. The van der Waals surface area contributed by atoms with Crippen molar-refractivity contribution < 1.29 is 9.53 Å². The molecule has 1 aromatic carbocycles. The lowest BCUT2D eigenvalue weighted by atomic mass is 9.86. The van der Waals surface area contributed by atoms with E-state index in [1.807, 2.05) is 32.9 Å². The van der Waals surface area contributed by atoms with Crippen LogP contribution in [-0.4, -0.2) is 23.8 Å². The lowest BCUT2D eigenvalue weighted by Gasteiger charge is -2.37. The van der Waals surface area contributed by atoms with Gasteiger partial charge in [0.2, 0.25) is 0 Å². The standard InChI is InChI=1S/C16H23BrN2O2/c1-10-6-5-7-13(17)14(10)18-11-8-12(9-11)19-15(20)21-16(2,3)4/h5-7,11-12,18H,8-9H2,1-4H3,(H,19,20). The summed E-state index contributed by atoms with van der Waals surface area (Å²) in [6.45, 7) is 7.69. The molecular formula is C16H23BrN2O2. The van der Waals surface area contributed by atoms with Gasteiger partial charge < -0.3 is 15.4 Å².